The van der Waals surface area contributed by atoms with Gasteiger partial charge in [-0.1, -0.05) is 30.0 Å². The van der Waals surface area contributed by atoms with E-state index in [9.17, 15) is 9.59 Å². The molecule has 0 saturated carbocycles. The van der Waals surface area contributed by atoms with Crippen LogP contribution in [0.2, 0.25) is 0 Å². The van der Waals surface area contributed by atoms with Gasteiger partial charge in [-0.3, -0.25) is 9.59 Å². The van der Waals surface area contributed by atoms with Crippen LogP contribution >= 0.6 is 0 Å². The van der Waals surface area contributed by atoms with Crippen molar-refractivity contribution in [3.05, 3.63) is 65.2 Å². The van der Waals surface area contributed by atoms with E-state index in [0.29, 0.717) is 5.56 Å². The average molecular weight is 277 g/mol. The lowest BCUT2D eigenvalue weighted by Crippen LogP contribution is -2.05. The zero-order valence-electron chi connectivity index (χ0n) is 11.9. The van der Waals surface area contributed by atoms with E-state index >= 15 is 0 Å². The van der Waals surface area contributed by atoms with E-state index in [1.165, 1.54) is 13.8 Å². The number of anilines is 1. The summed E-state index contributed by atoms with van der Waals surface area (Å²) in [6.07, 6.45) is 0. The molecular formula is C18H15NO2. The van der Waals surface area contributed by atoms with Crippen molar-refractivity contribution < 1.29 is 9.59 Å². The molecule has 0 aliphatic rings. The quantitative estimate of drug-likeness (QED) is 0.676. The first-order valence-corrected chi connectivity index (χ1v) is 6.56. The number of hydrogen-bond donors (Lipinski definition) is 1. The second-order valence-corrected chi connectivity index (χ2v) is 4.61. The lowest BCUT2D eigenvalue weighted by atomic mass is 10.0. The van der Waals surface area contributed by atoms with Crippen molar-refractivity contribution in [2.45, 2.75) is 13.8 Å². The molecule has 0 aliphatic heterocycles. The van der Waals surface area contributed by atoms with Crippen molar-refractivity contribution in [3.63, 3.8) is 0 Å². The average Bonchev–Trinajstić information content (AvgIpc) is 2.46. The summed E-state index contributed by atoms with van der Waals surface area (Å²) < 4.78 is 0. The van der Waals surface area contributed by atoms with Crippen molar-refractivity contribution >= 4 is 17.4 Å². The van der Waals surface area contributed by atoms with Gasteiger partial charge in [-0.2, -0.15) is 0 Å². The number of benzene rings is 2. The first kappa shape index (κ1) is 14.5. The van der Waals surface area contributed by atoms with Gasteiger partial charge in [0.1, 0.15) is 0 Å². The predicted molar refractivity (Wildman–Crippen MR) is 83.2 cm³/mol. The molecule has 0 bridgehead atoms. The molecule has 0 atom stereocenters. The minimum Gasteiger partial charge on any atom is -0.326 e. The molecule has 0 aromatic heterocycles. The van der Waals surface area contributed by atoms with Crippen molar-refractivity contribution in [2.75, 3.05) is 5.32 Å². The summed E-state index contributed by atoms with van der Waals surface area (Å²) in [5, 5.41) is 2.70. The Bertz CT molecular complexity index is 734. The molecule has 0 radical (unpaired) electrons. The van der Waals surface area contributed by atoms with Gasteiger partial charge in [-0.25, -0.2) is 0 Å². The van der Waals surface area contributed by atoms with Crippen molar-refractivity contribution in [3.8, 4) is 11.8 Å². The van der Waals surface area contributed by atoms with Crippen LogP contribution in [0.15, 0.2) is 48.5 Å². The van der Waals surface area contributed by atoms with Crippen molar-refractivity contribution in [1.82, 2.24) is 0 Å². The van der Waals surface area contributed by atoms with E-state index in [1.807, 2.05) is 30.3 Å². The highest BCUT2D eigenvalue weighted by Crippen LogP contribution is 2.10. The molecule has 1 amide bonds. The molecule has 1 N–H and O–H groups in total. The smallest absolute Gasteiger partial charge is 0.221 e. The van der Waals surface area contributed by atoms with Crippen LogP contribution < -0.4 is 5.32 Å². The fourth-order valence-electron chi connectivity index (χ4n) is 1.88. The number of hydrogen-bond acceptors (Lipinski definition) is 2. The molecule has 2 rings (SSSR count). The molecule has 0 heterocycles. The molecule has 0 saturated heterocycles. The molecule has 0 unspecified atom stereocenters. The van der Waals surface area contributed by atoms with Crippen LogP contribution in [0, 0.1) is 11.8 Å². The van der Waals surface area contributed by atoms with Gasteiger partial charge >= 0.3 is 0 Å². The minimum absolute atomic E-state index is 0.000839. The van der Waals surface area contributed by atoms with Crippen LogP contribution in [0.3, 0.4) is 0 Å². The molecular weight excluding hydrogens is 262 g/mol. The predicted octanol–water partition coefficient (Wildman–Crippen LogP) is 3.25. The Labute approximate surface area is 124 Å². The lowest BCUT2D eigenvalue weighted by Gasteiger charge is -2.01. The molecule has 3 nitrogen and oxygen atoms in total. The monoisotopic (exact) mass is 277 g/mol. The van der Waals surface area contributed by atoms with E-state index < -0.39 is 0 Å². The topological polar surface area (TPSA) is 46.2 Å². The summed E-state index contributed by atoms with van der Waals surface area (Å²) in [5.41, 5.74) is 2.90. The number of ketones is 1. The zero-order valence-corrected chi connectivity index (χ0v) is 11.9. The van der Waals surface area contributed by atoms with Gasteiger partial charge in [0.05, 0.1) is 0 Å². The SMILES string of the molecule is CC(=O)Nc1ccc(C#Cc2ccccc2C(C)=O)cc1. The van der Waals surface area contributed by atoms with Crippen LogP contribution in [0.4, 0.5) is 5.69 Å². The Hall–Kier alpha value is -2.86. The van der Waals surface area contributed by atoms with E-state index in [4.69, 9.17) is 0 Å². The lowest BCUT2D eigenvalue weighted by molar-refractivity contribution is -0.114. The van der Waals surface area contributed by atoms with Crippen LogP contribution in [0.1, 0.15) is 35.3 Å². The van der Waals surface area contributed by atoms with E-state index in [2.05, 4.69) is 17.2 Å². The Morgan fingerprint density at radius 1 is 0.905 bits per heavy atom. The summed E-state index contributed by atoms with van der Waals surface area (Å²) in [6.45, 7) is 3.00. The Balaban J connectivity index is 2.23. The van der Waals surface area contributed by atoms with Crippen molar-refractivity contribution in [2.24, 2.45) is 0 Å². The van der Waals surface area contributed by atoms with Gasteiger partial charge in [0.15, 0.2) is 5.78 Å². The first-order valence-electron chi connectivity index (χ1n) is 6.56. The summed E-state index contributed by atoms with van der Waals surface area (Å²) in [7, 11) is 0. The molecule has 2 aromatic carbocycles. The fourth-order valence-corrected chi connectivity index (χ4v) is 1.88. The van der Waals surface area contributed by atoms with Crippen LogP contribution in [0.5, 0.6) is 0 Å². The summed E-state index contributed by atoms with van der Waals surface area (Å²) in [5.74, 6) is 5.93. The van der Waals surface area contributed by atoms with Crippen LogP contribution in [-0.2, 0) is 4.79 Å². The first-order chi connectivity index (χ1) is 10.1. The summed E-state index contributed by atoms with van der Waals surface area (Å²) in [4.78, 5) is 22.5. The van der Waals surface area contributed by atoms with Gasteiger partial charge in [-0.15, -0.1) is 0 Å². The van der Waals surface area contributed by atoms with Crippen LogP contribution in [0.25, 0.3) is 0 Å². The summed E-state index contributed by atoms with van der Waals surface area (Å²) in [6, 6.07) is 14.5. The largest absolute Gasteiger partial charge is 0.326 e. The Morgan fingerprint density at radius 3 is 2.19 bits per heavy atom. The second kappa shape index (κ2) is 6.53. The highest BCUT2D eigenvalue weighted by molar-refractivity contribution is 5.96. The summed E-state index contributed by atoms with van der Waals surface area (Å²) >= 11 is 0. The molecule has 0 aliphatic carbocycles. The normalized spacial score (nSPS) is 9.43. The fraction of sp³-hybridized carbons (Fsp3) is 0.111. The van der Waals surface area contributed by atoms with Gasteiger partial charge in [-0.05, 0) is 37.3 Å². The maximum atomic E-state index is 11.5. The molecule has 21 heavy (non-hydrogen) atoms. The van der Waals surface area contributed by atoms with Crippen molar-refractivity contribution in [1.29, 1.82) is 0 Å². The Morgan fingerprint density at radius 2 is 1.57 bits per heavy atom. The maximum Gasteiger partial charge on any atom is 0.221 e. The van der Waals surface area contributed by atoms with Gasteiger partial charge in [0, 0.05) is 29.3 Å². The number of rotatable bonds is 2. The molecule has 0 spiro atoms. The highest BCUT2D eigenvalue weighted by Gasteiger charge is 2.03. The second-order valence-electron chi connectivity index (χ2n) is 4.61. The zero-order chi connectivity index (χ0) is 15.2. The van der Waals surface area contributed by atoms with E-state index in [0.717, 1.165) is 16.8 Å². The standard InChI is InChI=1S/C18H15NO2/c1-13(20)18-6-4-3-5-16(18)10-7-15-8-11-17(12-9-15)19-14(2)21/h3-6,8-9,11-12H,1-2H3,(H,19,21). The molecule has 0 fully saturated rings. The molecule has 3 heteroatoms. The molecule has 104 valence electrons. The van der Waals surface area contributed by atoms with Gasteiger partial charge < -0.3 is 5.32 Å². The number of amides is 1. The van der Waals surface area contributed by atoms with E-state index in [1.54, 1.807) is 18.2 Å². The third-order valence-corrected chi connectivity index (χ3v) is 2.85. The number of carbonyl (C=O) groups is 2. The molecule has 2 aromatic rings. The maximum absolute atomic E-state index is 11.5. The number of Topliss-reactive ketones (excluding diaryl/α,β-unsaturated/α-hetero) is 1. The number of nitrogens with one attached hydrogen (secondary N) is 1. The van der Waals surface area contributed by atoms with Gasteiger partial charge in [0.25, 0.3) is 0 Å². The third kappa shape index (κ3) is 4.05. The van der Waals surface area contributed by atoms with Gasteiger partial charge in [0.2, 0.25) is 5.91 Å². The van der Waals surface area contributed by atoms with Crippen LogP contribution in [-0.4, -0.2) is 11.7 Å². The number of carbonyl (C=O) groups excluding carboxylic acids is 2. The Kier molecular flexibility index (Phi) is 4.53. The van der Waals surface area contributed by atoms with E-state index in [-0.39, 0.29) is 11.7 Å². The third-order valence-electron chi connectivity index (χ3n) is 2.85. The minimum atomic E-state index is -0.107. The highest BCUT2D eigenvalue weighted by atomic mass is 16.1.